The van der Waals surface area contributed by atoms with Gasteiger partial charge in [0.2, 0.25) is 5.89 Å². The maximum absolute atomic E-state index is 12.8. The maximum Gasteiger partial charge on any atom is 0.419 e. The lowest BCUT2D eigenvalue weighted by Crippen LogP contribution is -2.12. The summed E-state index contributed by atoms with van der Waals surface area (Å²) in [5.74, 6) is 0.318. The van der Waals surface area contributed by atoms with Crippen molar-refractivity contribution >= 4 is 21.7 Å². The third-order valence-corrected chi connectivity index (χ3v) is 2.57. The Labute approximate surface area is 114 Å². The van der Waals surface area contributed by atoms with Gasteiger partial charge >= 0.3 is 6.18 Å². The monoisotopic (exact) mass is 336 g/mol. The molecule has 0 amide bonds. The Bertz CT molecular complexity index is 584. The van der Waals surface area contributed by atoms with E-state index in [1.807, 2.05) is 0 Å². The van der Waals surface area contributed by atoms with Gasteiger partial charge < -0.3 is 9.84 Å². The first-order chi connectivity index (χ1) is 8.86. The molecular formula is C10H8BrF3N4O. The Hall–Kier alpha value is -1.64. The summed E-state index contributed by atoms with van der Waals surface area (Å²) >= 11 is 2.96. The molecule has 0 radical (unpaired) electrons. The highest BCUT2D eigenvalue weighted by molar-refractivity contribution is 9.10. The number of alkyl halides is 3. The van der Waals surface area contributed by atoms with Gasteiger partial charge in [0, 0.05) is 10.7 Å². The number of nitrogens with one attached hydrogen (secondary N) is 1. The first-order valence-electron chi connectivity index (χ1n) is 5.12. The van der Waals surface area contributed by atoms with Gasteiger partial charge in [0.25, 0.3) is 0 Å². The molecule has 9 heteroatoms. The molecule has 2 aromatic rings. The number of pyridine rings is 1. The number of rotatable bonds is 3. The van der Waals surface area contributed by atoms with Crippen molar-refractivity contribution < 1.29 is 17.7 Å². The Morgan fingerprint density at radius 2 is 2.16 bits per heavy atom. The van der Waals surface area contributed by atoms with Gasteiger partial charge in [0.05, 0.1) is 12.1 Å². The number of anilines is 1. The van der Waals surface area contributed by atoms with Gasteiger partial charge in [-0.05, 0) is 28.9 Å². The van der Waals surface area contributed by atoms with E-state index in [2.05, 4.69) is 36.4 Å². The summed E-state index contributed by atoms with van der Waals surface area (Å²) in [7, 11) is 0. The van der Waals surface area contributed by atoms with E-state index in [-0.39, 0.29) is 22.7 Å². The average molecular weight is 337 g/mol. The standard InChI is InChI=1S/C10H8BrF3N4O/c1-5-17-8(19-18-5)4-16-9-7(10(12,13)14)2-6(11)3-15-9/h2-3H,4H2,1H3,(H,15,16). The minimum Gasteiger partial charge on any atom is -0.360 e. The molecule has 19 heavy (non-hydrogen) atoms. The Balaban J connectivity index is 2.20. The van der Waals surface area contributed by atoms with Crippen LogP contribution < -0.4 is 5.32 Å². The van der Waals surface area contributed by atoms with Crippen molar-refractivity contribution in [3.63, 3.8) is 0 Å². The predicted octanol–water partition coefficient (Wildman–Crippen LogP) is 3.17. The number of hydrogen-bond acceptors (Lipinski definition) is 5. The lowest BCUT2D eigenvalue weighted by Gasteiger charge is -2.12. The largest absolute Gasteiger partial charge is 0.419 e. The number of hydrogen-bond donors (Lipinski definition) is 1. The van der Waals surface area contributed by atoms with Crippen molar-refractivity contribution in [2.45, 2.75) is 19.6 Å². The van der Waals surface area contributed by atoms with Crippen LogP contribution in [-0.2, 0) is 12.7 Å². The van der Waals surface area contributed by atoms with E-state index >= 15 is 0 Å². The fourth-order valence-corrected chi connectivity index (χ4v) is 1.70. The van der Waals surface area contributed by atoms with Crippen LogP contribution in [0.3, 0.4) is 0 Å². The molecule has 0 aliphatic carbocycles. The van der Waals surface area contributed by atoms with Gasteiger partial charge in [0.15, 0.2) is 5.82 Å². The van der Waals surface area contributed by atoms with Crippen LogP contribution in [0.5, 0.6) is 0 Å². The second-order valence-corrected chi connectivity index (χ2v) is 4.55. The predicted molar refractivity (Wildman–Crippen MR) is 63.3 cm³/mol. The summed E-state index contributed by atoms with van der Waals surface area (Å²) in [6.07, 6.45) is -3.22. The van der Waals surface area contributed by atoms with E-state index in [1.54, 1.807) is 6.92 Å². The minimum absolute atomic E-state index is 0.0292. The zero-order valence-electron chi connectivity index (χ0n) is 9.62. The summed E-state index contributed by atoms with van der Waals surface area (Å²) in [6, 6.07) is 0.953. The number of aromatic nitrogens is 3. The van der Waals surface area contributed by atoms with E-state index in [0.29, 0.717) is 5.82 Å². The lowest BCUT2D eigenvalue weighted by atomic mass is 10.2. The third kappa shape index (κ3) is 3.43. The van der Waals surface area contributed by atoms with E-state index in [4.69, 9.17) is 4.52 Å². The highest BCUT2D eigenvalue weighted by Gasteiger charge is 2.34. The smallest absolute Gasteiger partial charge is 0.360 e. The molecule has 0 saturated carbocycles. The van der Waals surface area contributed by atoms with Crippen LogP contribution in [0, 0.1) is 6.92 Å². The zero-order chi connectivity index (χ0) is 14.0. The molecule has 0 bridgehead atoms. The van der Waals surface area contributed by atoms with Gasteiger partial charge in [-0.1, -0.05) is 5.16 Å². The van der Waals surface area contributed by atoms with E-state index in [0.717, 1.165) is 6.07 Å². The number of aryl methyl sites for hydroxylation is 1. The Morgan fingerprint density at radius 3 is 2.74 bits per heavy atom. The highest BCUT2D eigenvalue weighted by Crippen LogP contribution is 2.35. The SMILES string of the molecule is Cc1noc(CNc2ncc(Br)cc2C(F)(F)F)n1. The van der Waals surface area contributed by atoms with Crippen molar-refractivity contribution in [1.29, 1.82) is 0 Å². The molecule has 2 aromatic heterocycles. The average Bonchev–Trinajstić information content (AvgIpc) is 2.72. The summed E-state index contributed by atoms with van der Waals surface area (Å²) in [4.78, 5) is 7.58. The first-order valence-corrected chi connectivity index (χ1v) is 5.91. The van der Waals surface area contributed by atoms with Crippen molar-refractivity contribution in [3.05, 3.63) is 34.0 Å². The van der Waals surface area contributed by atoms with Gasteiger partial charge in [-0.2, -0.15) is 18.2 Å². The minimum atomic E-state index is -4.50. The molecule has 0 aliphatic rings. The molecule has 102 valence electrons. The van der Waals surface area contributed by atoms with Crippen LogP contribution in [-0.4, -0.2) is 15.1 Å². The molecule has 1 N–H and O–H groups in total. The molecule has 2 heterocycles. The van der Waals surface area contributed by atoms with Crippen LogP contribution in [0.2, 0.25) is 0 Å². The van der Waals surface area contributed by atoms with E-state index in [9.17, 15) is 13.2 Å². The molecule has 5 nitrogen and oxygen atoms in total. The maximum atomic E-state index is 12.8. The molecule has 0 unspecified atom stereocenters. The second-order valence-electron chi connectivity index (χ2n) is 3.64. The number of halogens is 4. The molecular weight excluding hydrogens is 329 g/mol. The molecule has 0 spiro atoms. The number of nitrogens with zero attached hydrogens (tertiary/aromatic N) is 3. The summed E-state index contributed by atoms with van der Waals surface area (Å²) in [6.45, 7) is 1.59. The van der Waals surface area contributed by atoms with Crippen molar-refractivity contribution in [3.8, 4) is 0 Å². The van der Waals surface area contributed by atoms with Gasteiger partial charge in [-0.25, -0.2) is 4.98 Å². The van der Waals surface area contributed by atoms with Crippen LogP contribution in [0.25, 0.3) is 0 Å². The molecule has 0 atom stereocenters. The quantitative estimate of drug-likeness (QED) is 0.932. The summed E-state index contributed by atoms with van der Waals surface area (Å²) in [5.41, 5.74) is -0.863. The van der Waals surface area contributed by atoms with Crippen LogP contribution in [0.4, 0.5) is 19.0 Å². The highest BCUT2D eigenvalue weighted by atomic mass is 79.9. The summed E-state index contributed by atoms with van der Waals surface area (Å²) in [5, 5.41) is 6.07. The molecule has 0 fully saturated rings. The van der Waals surface area contributed by atoms with Crippen LogP contribution in [0.1, 0.15) is 17.3 Å². The Morgan fingerprint density at radius 1 is 1.42 bits per heavy atom. The second kappa shape index (κ2) is 5.16. The van der Waals surface area contributed by atoms with Crippen LogP contribution in [0.15, 0.2) is 21.3 Å². The topological polar surface area (TPSA) is 63.8 Å². The molecule has 0 saturated heterocycles. The van der Waals surface area contributed by atoms with E-state index < -0.39 is 11.7 Å². The van der Waals surface area contributed by atoms with Crippen molar-refractivity contribution in [1.82, 2.24) is 15.1 Å². The van der Waals surface area contributed by atoms with Crippen LogP contribution >= 0.6 is 15.9 Å². The molecule has 2 rings (SSSR count). The zero-order valence-corrected chi connectivity index (χ0v) is 11.2. The fourth-order valence-electron chi connectivity index (χ4n) is 1.37. The van der Waals surface area contributed by atoms with Crippen molar-refractivity contribution in [2.24, 2.45) is 0 Å². The fraction of sp³-hybridized carbons (Fsp3) is 0.300. The third-order valence-electron chi connectivity index (χ3n) is 2.14. The van der Waals surface area contributed by atoms with E-state index in [1.165, 1.54) is 6.20 Å². The summed E-state index contributed by atoms with van der Waals surface area (Å²) < 4.78 is 43.5. The van der Waals surface area contributed by atoms with Gasteiger partial charge in [-0.3, -0.25) is 0 Å². The molecule has 0 aliphatic heterocycles. The first kappa shape index (κ1) is 13.8. The Kier molecular flexibility index (Phi) is 3.74. The normalized spacial score (nSPS) is 11.6. The molecule has 0 aromatic carbocycles. The van der Waals surface area contributed by atoms with Crippen molar-refractivity contribution in [2.75, 3.05) is 5.32 Å². The van der Waals surface area contributed by atoms with Gasteiger partial charge in [-0.15, -0.1) is 0 Å². The van der Waals surface area contributed by atoms with Gasteiger partial charge in [0.1, 0.15) is 5.82 Å². The lowest BCUT2D eigenvalue weighted by molar-refractivity contribution is -0.137.